The molecule has 0 bridgehead atoms. The van der Waals surface area contributed by atoms with E-state index in [1.807, 2.05) is 0 Å². The summed E-state index contributed by atoms with van der Waals surface area (Å²) in [6.45, 7) is 1.31. The Morgan fingerprint density at radius 1 is 1.26 bits per heavy atom. The maximum Gasteiger partial charge on any atom is 0.418 e. The summed E-state index contributed by atoms with van der Waals surface area (Å²) in [6.07, 6.45) is -1.81. The summed E-state index contributed by atoms with van der Waals surface area (Å²) in [5, 5.41) is 18.9. The zero-order chi connectivity index (χ0) is 17.5. The molecule has 5 nitrogen and oxygen atoms in total. The molecule has 0 saturated heterocycles. The van der Waals surface area contributed by atoms with E-state index in [4.69, 9.17) is 0 Å². The molecule has 23 heavy (non-hydrogen) atoms. The van der Waals surface area contributed by atoms with E-state index in [1.54, 1.807) is 0 Å². The van der Waals surface area contributed by atoms with Crippen LogP contribution in [0.4, 0.5) is 13.2 Å². The van der Waals surface area contributed by atoms with Gasteiger partial charge in [-0.25, -0.2) is 0 Å². The third-order valence-corrected chi connectivity index (χ3v) is 4.07. The Morgan fingerprint density at radius 2 is 1.91 bits per heavy atom. The molecular formula is C15H14F3NO4. The van der Waals surface area contributed by atoms with Gasteiger partial charge in [0.05, 0.1) is 16.7 Å². The van der Waals surface area contributed by atoms with Crippen LogP contribution in [-0.2, 0) is 21.2 Å². The number of hydrogen-bond acceptors (Lipinski definition) is 3. The molecular weight excluding hydrogens is 315 g/mol. The van der Waals surface area contributed by atoms with Crippen LogP contribution in [0.2, 0.25) is 0 Å². The first-order valence-corrected chi connectivity index (χ1v) is 6.70. The molecule has 2 N–H and O–H groups in total. The Morgan fingerprint density at radius 3 is 2.43 bits per heavy atom. The fourth-order valence-corrected chi connectivity index (χ4v) is 2.83. The summed E-state index contributed by atoms with van der Waals surface area (Å²) in [5.41, 5.74) is -5.50. The van der Waals surface area contributed by atoms with E-state index in [0.717, 1.165) is 24.4 Å². The van der Waals surface area contributed by atoms with Crippen molar-refractivity contribution in [2.45, 2.75) is 31.4 Å². The Balaban J connectivity index is 2.70. The smallest absolute Gasteiger partial charge is 0.418 e. The van der Waals surface area contributed by atoms with Gasteiger partial charge in [0.1, 0.15) is 5.41 Å². The summed E-state index contributed by atoms with van der Waals surface area (Å²) in [4.78, 5) is 26.9. The first-order chi connectivity index (χ1) is 10.5. The van der Waals surface area contributed by atoms with Crippen LogP contribution in [0.5, 0.6) is 0 Å². The maximum absolute atomic E-state index is 13.2. The van der Waals surface area contributed by atoms with Crippen molar-refractivity contribution in [3.05, 3.63) is 41.7 Å². The predicted octanol–water partition coefficient (Wildman–Crippen LogP) is 2.86. The van der Waals surface area contributed by atoms with Gasteiger partial charge in [-0.2, -0.15) is 13.2 Å². The molecule has 0 radical (unpaired) electrons. The maximum atomic E-state index is 13.2. The van der Waals surface area contributed by atoms with Gasteiger partial charge in [0.2, 0.25) is 0 Å². The molecule has 0 spiro atoms. The number of nitrogens with zero attached hydrogens (tertiary/aromatic N) is 1. The lowest BCUT2D eigenvalue weighted by Gasteiger charge is -2.38. The molecule has 1 aliphatic rings. The monoisotopic (exact) mass is 329 g/mol. The van der Waals surface area contributed by atoms with Crippen molar-refractivity contribution in [3.8, 4) is 0 Å². The van der Waals surface area contributed by atoms with Gasteiger partial charge in [0, 0.05) is 6.20 Å². The minimum Gasteiger partial charge on any atom is -0.481 e. The number of halogens is 3. The summed E-state index contributed by atoms with van der Waals surface area (Å²) in [7, 11) is 0. The first kappa shape index (κ1) is 17.0. The van der Waals surface area contributed by atoms with Crippen LogP contribution in [0.15, 0.2) is 30.5 Å². The highest BCUT2D eigenvalue weighted by Gasteiger charge is 2.53. The average Bonchev–Trinajstić information content (AvgIpc) is 2.46. The van der Waals surface area contributed by atoms with Gasteiger partial charge in [-0.05, 0) is 31.9 Å². The van der Waals surface area contributed by atoms with E-state index in [1.165, 1.54) is 13.0 Å². The largest absolute Gasteiger partial charge is 0.481 e. The predicted molar refractivity (Wildman–Crippen MR) is 72.7 cm³/mol. The van der Waals surface area contributed by atoms with Crippen LogP contribution in [0, 0.1) is 5.41 Å². The molecule has 1 aromatic rings. The Bertz CT molecular complexity index is 686. The number of aliphatic carboxylic acids is 2. The standard InChI is InChI=1S/C15H14F3NO4/c1-13(11(20)21)5-3-6-14(8-13,12(22)23)10-9(15(16,17)18)4-2-7-19-10/h2-4,6-7H,5,8H2,1H3,(H,20,21)(H,22,23). The summed E-state index contributed by atoms with van der Waals surface area (Å²) in [6, 6.07) is 1.80. The van der Waals surface area contributed by atoms with E-state index < -0.39 is 46.6 Å². The molecule has 2 atom stereocenters. The van der Waals surface area contributed by atoms with Crippen LogP contribution in [0.25, 0.3) is 0 Å². The molecule has 124 valence electrons. The summed E-state index contributed by atoms with van der Waals surface area (Å²) < 4.78 is 39.6. The Labute approximate surface area is 129 Å². The minimum atomic E-state index is -4.79. The molecule has 0 aliphatic heterocycles. The van der Waals surface area contributed by atoms with Crippen LogP contribution in [0.3, 0.4) is 0 Å². The van der Waals surface area contributed by atoms with Gasteiger partial charge < -0.3 is 10.2 Å². The number of aromatic nitrogens is 1. The molecule has 0 saturated carbocycles. The van der Waals surface area contributed by atoms with Gasteiger partial charge in [0.25, 0.3) is 0 Å². The minimum absolute atomic E-state index is 0.0333. The summed E-state index contributed by atoms with van der Waals surface area (Å²) >= 11 is 0. The number of allylic oxidation sites excluding steroid dienone is 1. The van der Waals surface area contributed by atoms with Crippen molar-refractivity contribution in [3.63, 3.8) is 0 Å². The first-order valence-electron chi connectivity index (χ1n) is 6.70. The highest BCUT2D eigenvalue weighted by molar-refractivity contribution is 5.86. The topological polar surface area (TPSA) is 87.5 Å². The van der Waals surface area contributed by atoms with Gasteiger partial charge in [-0.1, -0.05) is 12.2 Å². The van der Waals surface area contributed by atoms with Gasteiger partial charge in [-0.15, -0.1) is 0 Å². The molecule has 1 heterocycles. The second kappa shape index (κ2) is 5.36. The number of carboxylic acids is 2. The highest BCUT2D eigenvalue weighted by atomic mass is 19.4. The lowest BCUT2D eigenvalue weighted by Crippen LogP contribution is -2.46. The number of alkyl halides is 3. The zero-order valence-corrected chi connectivity index (χ0v) is 12.1. The van der Waals surface area contributed by atoms with E-state index in [9.17, 15) is 33.0 Å². The van der Waals surface area contributed by atoms with Crippen molar-refractivity contribution in [1.29, 1.82) is 0 Å². The molecule has 2 rings (SSSR count). The van der Waals surface area contributed by atoms with Crippen molar-refractivity contribution in [2.24, 2.45) is 5.41 Å². The SMILES string of the molecule is CC1(C(=O)O)CC=CC(C(=O)O)(c2ncccc2C(F)(F)F)C1. The number of hydrogen-bond donors (Lipinski definition) is 2. The average molecular weight is 329 g/mol. The van der Waals surface area contributed by atoms with Crippen molar-refractivity contribution in [1.82, 2.24) is 4.98 Å². The molecule has 0 amide bonds. The van der Waals surface area contributed by atoms with Crippen LogP contribution < -0.4 is 0 Å². The molecule has 0 aromatic carbocycles. The Kier molecular flexibility index (Phi) is 3.96. The van der Waals surface area contributed by atoms with Gasteiger partial charge in [-0.3, -0.25) is 14.6 Å². The number of carboxylic acid groups (broad SMARTS) is 2. The van der Waals surface area contributed by atoms with Gasteiger partial charge >= 0.3 is 18.1 Å². The zero-order valence-electron chi connectivity index (χ0n) is 12.1. The van der Waals surface area contributed by atoms with Crippen molar-refractivity contribution >= 4 is 11.9 Å². The molecule has 2 unspecified atom stereocenters. The lowest BCUT2D eigenvalue weighted by molar-refractivity contribution is -0.152. The molecule has 0 fully saturated rings. The second-order valence-corrected chi connectivity index (χ2v) is 5.82. The number of carbonyl (C=O) groups is 2. The van der Waals surface area contributed by atoms with Crippen molar-refractivity contribution < 1.29 is 33.0 Å². The highest BCUT2D eigenvalue weighted by Crippen LogP contribution is 2.47. The van der Waals surface area contributed by atoms with Crippen LogP contribution in [0.1, 0.15) is 31.0 Å². The molecule has 1 aromatic heterocycles. The fraction of sp³-hybridized carbons (Fsp3) is 0.400. The molecule has 8 heteroatoms. The van der Waals surface area contributed by atoms with E-state index >= 15 is 0 Å². The lowest BCUT2D eigenvalue weighted by atomic mass is 9.64. The second-order valence-electron chi connectivity index (χ2n) is 5.82. The Hall–Kier alpha value is -2.38. The van der Waals surface area contributed by atoms with Crippen LogP contribution in [-0.4, -0.2) is 27.1 Å². The van der Waals surface area contributed by atoms with E-state index in [2.05, 4.69) is 4.98 Å². The quantitative estimate of drug-likeness (QED) is 0.833. The normalized spacial score (nSPS) is 27.7. The summed E-state index contributed by atoms with van der Waals surface area (Å²) in [5.74, 6) is -2.83. The third-order valence-electron chi connectivity index (χ3n) is 4.07. The number of pyridine rings is 1. The fourth-order valence-electron chi connectivity index (χ4n) is 2.83. The third kappa shape index (κ3) is 2.80. The van der Waals surface area contributed by atoms with Crippen LogP contribution >= 0.6 is 0 Å². The van der Waals surface area contributed by atoms with Crippen molar-refractivity contribution in [2.75, 3.05) is 0 Å². The van der Waals surface area contributed by atoms with E-state index in [0.29, 0.717) is 0 Å². The number of rotatable bonds is 3. The van der Waals surface area contributed by atoms with E-state index in [-0.39, 0.29) is 6.42 Å². The molecule has 1 aliphatic carbocycles. The van der Waals surface area contributed by atoms with Gasteiger partial charge in [0.15, 0.2) is 0 Å².